The zero-order valence-corrected chi connectivity index (χ0v) is 18.2. The van der Waals surface area contributed by atoms with E-state index in [-0.39, 0.29) is 17.1 Å². The van der Waals surface area contributed by atoms with E-state index < -0.39 is 5.91 Å². The Morgan fingerprint density at radius 1 is 1.21 bits per heavy atom. The maximum Gasteiger partial charge on any atom is 0.257 e. The van der Waals surface area contributed by atoms with Crippen molar-refractivity contribution >= 4 is 45.5 Å². The first-order chi connectivity index (χ1) is 13.8. The van der Waals surface area contributed by atoms with Crippen molar-refractivity contribution in [3.63, 3.8) is 0 Å². The molecule has 154 valence electrons. The molecule has 0 aliphatic heterocycles. The van der Waals surface area contributed by atoms with E-state index in [4.69, 9.17) is 22.7 Å². The summed E-state index contributed by atoms with van der Waals surface area (Å²) in [6.45, 7) is 3.84. The first-order valence-corrected chi connectivity index (χ1v) is 10.9. The van der Waals surface area contributed by atoms with Crippen LogP contribution < -0.4 is 21.1 Å². The Morgan fingerprint density at radius 2 is 1.97 bits per heavy atom. The largest absolute Gasteiger partial charge is 0.491 e. The molecule has 4 N–H and O–H groups in total. The van der Waals surface area contributed by atoms with E-state index in [2.05, 4.69) is 10.6 Å². The molecule has 2 aromatic rings. The minimum absolute atomic E-state index is 0.0114. The maximum absolute atomic E-state index is 12.6. The third-order valence-electron chi connectivity index (χ3n) is 4.59. The summed E-state index contributed by atoms with van der Waals surface area (Å²) in [4.78, 5) is 25.8. The van der Waals surface area contributed by atoms with Gasteiger partial charge in [0.25, 0.3) is 11.8 Å². The Kier molecular flexibility index (Phi) is 6.87. The second-order valence-corrected chi connectivity index (χ2v) is 8.75. The summed E-state index contributed by atoms with van der Waals surface area (Å²) in [5, 5.41) is 6.40. The molecule has 0 fully saturated rings. The number of hydrogen-bond donors (Lipinski definition) is 3. The van der Waals surface area contributed by atoms with Gasteiger partial charge < -0.3 is 15.8 Å². The van der Waals surface area contributed by atoms with Crippen molar-refractivity contribution in [2.45, 2.75) is 52.1 Å². The lowest BCUT2D eigenvalue weighted by molar-refractivity contribution is 0.0975. The zero-order valence-electron chi connectivity index (χ0n) is 16.5. The average molecular weight is 432 g/mol. The fraction of sp³-hybridized carbons (Fsp3) is 0.381. The Hall–Kier alpha value is -2.45. The van der Waals surface area contributed by atoms with Gasteiger partial charge in [0.05, 0.1) is 11.7 Å². The van der Waals surface area contributed by atoms with Crippen LogP contribution in [0.4, 0.5) is 5.00 Å². The molecule has 1 aliphatic rings. The number of amides is 2. The SMILES string of the molecule is CC(C)Oc1cccc(C(=O)NC(=S)Nc2sc3c(c2C(N)=O)CCCCC3)c1. The number of anilines is 1. The number of aryl methyl sites for hydroxylation is 1. The van der Waals surface area contributed by atoms with E-state index in [1.54, 1.807) is 24.3 Å². The van der Waals surface area contributed by atoms with Gasteiger partial charge in [-0.15, -0.1) is 11.3 Å². The fourth-order valence-corrected chi connectivity index (χ4v) is 4.94. The predicted molar refractivity (Wildman–Crippen MR) is 120 cm³/mol. The molecule has 0 atom stereocenters. The molecule has 0 unspecified atom stereocenters. The second kappa shape index (κ2) is 9.37. The van der Waals surface area contributed by atoms with E-state index >= 15 is 0 Å². The lowest BCUT2D eigenvalue weighted by Gasteiger charge is -2.12. The summed E-state index contributed by atoms with van der Waals surface area (Å²) < 4.78 is 5.63. The van der Waals surface area contributed by atoms with Crippen molar-refractivity contribution < 1.29 is 14.3 Å². The number of ether oxygens (including phenoxy) is 1. The lowest BCUT2D eigenvalue weighted by atomic mass is 10.1. The van der Waals surface area contributed by atoms with Crippen LogP contribution in [-0.2, 0) is 12.8 Å². The van der Waals surface area contributed by atoms with Gasteiger partial charge in [-0.25, -0.2) is 0 Å². The van der Waals surface area contributed by atoms with Crippen molar-refractivity contribution in [3.8, 4) is 5.75 Å². The number of nitrogens with one attached hydrogen (secondary N) is 2. The van der Waals surface area contributed by atoms with Gasteiger partial charge in [-0.3, -0.25) is 14.9 Å². The molecule has 0 bridgehead atoms. The first kappa shape index (κ1) is 21.3. The number of thiophene rings is 1. The van der Waals surface area contributed by atoms with E-state index in [1.807, 2.05) is 13.8 Å². The van der Waals surface area contributed by atoms with Gasteiger partial charge in [0.15, 0.2) is 5.11 Å². The highest BCUT2D eigenvalue weighted by Crippen LogP contribution is 2.37. The molecular formula is C21H25N3O3S2. The molecule has 0 saturated heterocycles. The van der Waals surface area contributed by atoms with Crippen LogP contribution in [0.15, 0.2) is 24.3 Å². The van der Waals surface area contributed by atoms with Crippen molar-refractivity contribution in [1.82, 2.24) is 5.32 Å². The molecular weight excluding hydrogens is 406 g/mol. The van der Waals surface area contributed by atoms with Crippen LogP contribution in [0.3, 0.4) is 0 Å². The average Bonchev–Trinajstić information content (AvgIpc) is 2.82. The highest BCUT2D eigenvalue weighted by molar-refractivity contribution is 7.80. The van der Waals surface area contributed by atoms with E-state index in [0.29, 0.717) is 21.9 Å². The van der Waals surface area contributed by atoms with Crippen LogP contribution in [0, 0.1) is 0 Å². The van der Waals surface area contributed by atoms with Gasteiger partial charge in [0.2, 0.25) is 0 Å². The molecule has 1 aromatic heterocycles. The quantitative estimate of drug-likeness (QED) is 0.491. The molecule has 8 heteroatoms. The van der Waals surface area contributed by atoms with Gasteiger partial charge in [-0.1, -0.05) is 12.5 Å². The summed E-state index contributed by atoms with van der Waals surface area (Å²) in [6.07, 6.45) is 5.08. The van der Waals surface area contributed by atoms with Gasteiger partial charge in [-0.05, 0) is 75.5 Å². The Labute approximate surface area is 179 Å². The van der Waals surface area contributed by atoms with Crippen LogP contribution >= 0.6 is 23.6 Å². The van der Waals surface area contributed by atoms with Gasteiger partial charge >= 0.3 is 0 Å². The second-order valence-electron chi connectivity index (χ2n) is 7.24. The molecule has 1 heterocycles. The minimum atomic E-state index is -0.473. The zero-order chi connectivity index (χ0) is 21.0. The molecule has 1 aliphatic carbocycles. The maximum atomic E-state index is 12.6. The van der Waals surface area contributed by atoms with Crippen LogP contribution in [0.25, 0.3) is 0 Å². The van der Waals surface area contributed by atoms with Gasteiger partial charge in [-0.2, -0.15) is 0 Å². The standard InChI is InChI=1S/C21H25N3O3S2/c1-12(2)27-14-8-6-7-13(11-14)19(26)23-21(28)24-20-17(18(22)25)15-9-4-3-5-10-16(15)29-20/h6-8,11-12H,3-5,9-10H2,1-2H3,(H2,22,25)(H2,23,24,26,28). The summed E-state index contributed by atoms with van der Waals surface area (Å²) in [6, 6.07) is 6.91. The van der Waals surface area contributed by atoms with Crippen LogP contribution in [0.5, 0.6) is 5.75 Å². The van der Waals surface area contributed by atoms with Crippen LogP contribution in [0.1, 0.15) is 64.3 Å². The topological polar surface area (TPSA) is 93.4 Å². The summed E-state index contributed by atoms with van der Waals surface area (Å²) in [7, 11) is 0. The van der Waals surface area contributed by atoms with E-state index in [1.165, 1.54) is 16.2 Å². The fourth-order valence-electron chi connectivity index (χ4n) is 3.38. The molecule has 2 amide bonds. The number of rotatable bonds is 5. The molecule has 6 nitrogen and oxygen atoms in total. The molecule has 29 heavy (non-hydrogen) atoms. The van der Waals surface area contributed by atoms with Crippen LogP contribution in [0.2, 0.25) is 0 Å². The normalized spacial score (nSPS) is 13.3. The number of thiocarbonyl (C=S) groups is 1. The molecule has 0 spiro atoms. The third kappa shape index (κ3) is 5.33. The predicted octanol–water partition coefficient (Wildman–Crippen LogP) is 4.03. The first-order valence-electron chi connectivity index (χ1n) is 9.68. The van der Waals surface area contributed by atoms with E-state index in [0.717, 1.165) is 37.7 Å². The van der Waals surface area contributed by atoms with Gasteiger partial charge in [0.1, 0.15) is 10.8 Å². The number of primary amides is 1. The smallest absolute Gasteiger partial charge is 0.257 e. The molecule has 3 rings (SSSR count). The number of fused-ring (bicyclic) bond motifs is 1. The van der Waals surface area contributed by atoms with Gasteiger partial charge in [0, 0.05) is 10.4 Å². The minimum Gasteiger partial charge on any atom is -0.491 e. The van der Waals surface area contributed by atoms with Crippen molar-refractivity contribution in [1.29, 1.82) is 0 Å². The van der Waals surface area contributed by atoms with Crippen molar-refractivity contribution in [3.05, 3.63) is 45.8 Å². The van der Waals surface area contributed by atoms with Crippen molar-refractivity contribution in [2.24, 2.45) is 5.73 Å². The number of carbonyl (C=O) groups excluding carboxylic acids is 2. The lowest BCUT2D eigenvalue weighted by Crippen LogP contribution is -2.34. The van der Waals surface area contributed by atoms with E-state index in [9.17, 15) is 9.59 Å². The molecule has 1 aromatic carbocycles. The Bertz CT molecular complexity index is 937. The summed E-state index contributed by atoms with van der Waals surface area (Å²) in [5.41, 5.74) is 7.60. The number of hydrogen-bond acceptors (Lipinski definition) is 5. The number of carbonyl (C=O) groups is 2. The Morgan fingerprint density at radius 3 is 2.69 bits per heavy atom. The third-order valence-corrected chi connectivity index (χ3v) is 6.00. The monoisotopic (exact) mass is 431 g/mol. The molecule has 0 saturated carbocycles. The molecule has 0 radical (unpaired) electrons. The highest BCUT2D eigenvalue weighted by Gasteiger charge is 2.24. The number of benzene rings is 1. The number of nitrogens with two attached hydrogens (primary N) is 1. The van der Waals surface area contributed by atoms with Crippen molar-refractivity contribution in [2.75, 3.05) is 5.32 Å². The van der Waals surface area contributed by atoms with Crippen LogP contribution in [-0.4, -0.2) is 23.0 Å². The summed E-state index contributed by atoms with van der Waals surface area (Å²) >= 11 is 6.80. The summed E-state index contributed by atoms with van der Waals surface area (Å²) in [5.74, 6) is -0.209. The highest BCUT2D eigenvalue weighted by atomic mass is 32.1. The Balaban J connectivity index is 1.73.